The lowest BCUT2D eigenvalue weighted by Crippen LogP contribution is -2.49. The number of carbonyl (C=O) groups excluding carboxylic acids is 2. The number of hydrogen-bond donors (Lipinski definition) is 1. The standard InChI is InChI=1S/C16H19F2NO2/c1-9(20)11-7-10(16(11,2)3)8-14(21)19-15-12(17)5-4-6-13(15)18/h4-6,10-11H,7-8H2,1-3H3,(H,19,21)/t10-,11+/m0/s1. The van der Waals surface area contributed by atoms with E-state index in [9.17, 15) is 18.4 Å². The molecule has 0 spiro atoms. The molecule has 0 aliphatic heterocycles. The van der Waals surface area contributed by atoms with Crippen LogP contribution < -0.4 is 5.32 Å². The van der Waals surface area contributed by atoms with Crippen LogP contribution in [0.4, 0.5) is 14.5 Å². The summed E-state index contributed by atoms with van der Waals surface area (Å²) >= 11 is 0. The van der Waals surface area contributed by atoms with Gasteiger partial charge in [-0.3, -0.25) is 9.59 Å². The largest absolute Gasteiger partial charge is 0.321 e. The molecule has 0 unspecified atom stereocenters. The topological polar surface area (TPSA) is 46.2 Å². The molecule has 0 radical (unpaired) electrons. The van der Waals surface area contributed by atoms with Crippen molar-refractivity contribution in [1.82, 2.24) is 0 Å². The maximum Gasteiger partial charge on any atom is 0.224 e. The van der Waals surface area contributed by atoms with E-state index in [0.29, 0.717) is 6.42 Å². The summed E-state index contributed by atoms with van der Waals surface area (Å²) in [6.07, 6.45) is 0.806. The van der Waals surface area contributed by atoms with Crippen molar-refractivity contribution in [3.8, 4) is 0 Å². The second-order valence-corrected chi connectivity index (χ2v) is 6.27. The molecule has 21 heavy (non-hydrogen) atoms. The van der Waals surface area contributed by atoms with Gasteiger partial charge in [-0.2, -0.15) is 0 Å². The highest BCUT2D eigenvalue weighted by Gasteiger charge is 2.50. The molecule has 2 rings (SSSR count). The Morgan fingerprint density at radius 1 is 1.29 bits per heavy atom. The molecule has 0 saturated heterocycles. The molecular weight excluding hydrogens is 276 g/mol. The second-order valence-electron chi connectivity index (χ2n) is 6.27. The number of benzene rings is 1. The lowest BCUT2D eigenvalue weighted by atomic mass is 9.52. The fourth-order valence-corrected chi connectivity index (χ4v) is 3.08. The van der Waals surface area contributed by atoms with Crippen molar-refractivity contribution in [1.29, 1.82) is 0 Å². The molecule has 5 heteroatoms. The van der Waals surface area contributed by atoms with Gasteiger partial charge >= 0.3 is 0 Å². The van der Waals surface area contributed by atoms with Gasteiger partial charge in [0.2, 0.25) is 5.91 Å². The number of ketones is 1. The maximum absolute atomic E-state index is 13.5. The molecule has 0 aromatic heterocycles. The number of halogens is 2. The van der Waals surface area contributed by atoms with Crippen LogP contribution in [0, 0.1) is 28.9 Å². The van der Waals surface area contributed by atoms with E-state index in [0.717, 1.165) is 12.1 Å². The van der Waals surface area contributed by atoms with E-state index < -0.39 is 23.2 Å². The van der Waals surface area contributed by atoms with Gasteiger partial charge in [-0.05, 0) is 36.8 Å². The second kappa shape index (κ2) is 5.54. The zero-order valence-electron chi connectivity index (χ0n) is 12.4. The average molecular weight is 295 g/mol. The summed E-state index contributed by atoms with van der Waals surface area (Å²) in [7, 11) is 0. The minimum absolute atomic E-state index is 0.0412. The van der Waals surface area contributed by atoms with Crippen LogP contribution in [0.15, 0.2) is 18.2 Å². The molecule has 1 aromatic rings. The van der Waals surface area contributed by atoms with Gasteiger partial charge in [0.25, 0.3) is 0 Å². The Kier molecular flexibility index (Phi) is 4.12. The molecule has 1 saturated carbocycles. The molecule has 114 valence electrons. The SMILES string of the molecule is CC(=O)[C@H]1C[C@@H](CC(=O)Nc2c(F)cccc2F)C1(C)C. The van der Waals surface area contributed by atoms with E-state index in [1.807, 2.05) is 13.8 Å². The zero-order valence-corrected chi connectivity index (χ0v) is 12.4. The molecule has 1 aliphatic rings. The highest BCUT2D eigenvalue weighted by Crippen LogP contribution is 2.53. The van der Waals surface area contributed by atoms with E-state index >= 15 is 0 Å². The number of Topliss-reactive ketones (excluding diaryl/α,β-unsaturated/α-hetero) is 1. The Morgan fingerprint density at radius 3 is 2.33 bits per heavy atom. The fourth-order valence-electron chi connectivity index (χ4n) is 3.08. The predicted molar refractivity (Wildman–Crippen MR) is 75.7 cm³/mol. The summed E-state index contributed by atoms with van der Waals surface area (Å²) in [5.74, 6) is -1.90. The van der Waals surface area contributed by atoms with Crippen molar-refractivity contribution in [2.24, 2.45) is 17.3 Å². The smallest absolute Gasteiger partial charge is 0.224 e. The van der Waals surface area contributed by atoms with E-state index in [2.05, 4.69) is 5.32 Å². The molecule has 1 amide bonds. The van der Waals surface area contributed by atoms with Crippen LogP contribution in [0.1, 0.15) is 33.6 Å². The average Bonchev–Trinajstić information content (AvgIpc) is 2.38. The van der Waals surface area contributed by atoms with Crippen LogP contribution in [-0.2, 0) is 9.59 Å². The first kappa shape index (κ1) is 15.6. The van der Waals surface area contributed by atoms with Crippen molar-refractivity contribution in [3.63, 3.8) is 0 Å². The number of nitrogens with one attached hydrogen (secondary N) is 1. The van der Waals surface area contributed by atoms with E-state index in [-0.39, 0.29) is 29.5 Å². The summed E-state index contributed by atoms with van der Waals surface area (Å²) < 4.78 is 26.9. The monoisotopic (exact) mass is 295 g/mol. The van der Waals surface area contributed by atoms with E-state index in [1.165, 1.54) is 6.07 Å². The summed E-state index contributed by atoms with van der Waals surface area (Å²) in [6.45, 7) is 5.45. The maximum atomic E-state index is 13.5. The van der Waals surface area contributed by atoms with Crippen molar-refractivity contribution >= 4 is 17.4 Å². The number of rotatable bonds is 4. The molecule has 1 N–H and O–H groups in total. The summed E-state index contributed by atoms with van der Waals surface area (Å²) in [6, 6.07) is 3.43. The Balaban J connectivity index is 1.99. The third-order valence-electron chi connectivity index (χ3n) is 4.62. The Hall–Kier alpha value is -1.78. The van der Waals surface area contributed by atoms with E-state index in [4.69, 9.17) is 0 Å². The van der Waals surface area contributed by atoms with Crippen molar-refractivity contribution in [2.45, 2.75) is 33.6 Å². The predicted octanol–water partition coefficient (Wildman–Crippen LogP) is 3.54. The van der Waals surface area contributed by atoms with Crippen molar-refractivity contribution < 1.29 is 18.4 Å². The van der Waals surface area contributed by atoms with Gasteiger partial charge in [-0.25, -0.2) is 8.78 Å². The highest BCUT2D eigenvalue weighted by molar-refractivity contribution is 5.91. The third kappa shape index (κ3) is 2.96. The lowest BCUT2D eigenvalue weighted by Gasteiger charge is -2.51. The molecular formula is C16H19F2NO2. The lowest BCUT2D eigenvalue weighted by molar-refractivity contribution is -0.139. The van der Waals surface area contributed by atoms with Crippen LogP contribution in [0.25, 0.3) is 0 Å². The molecule has 2 atom stereocenters. The van der Waals surface area contributed by atoms with Gasteiger partial charge in [-0.1, -0.05) is 19.9 Å². The molecule has 1 aromatic carbocycles. The third-order valence-corrected chi connectivity index (χ3v) is 4.62. The number of amides is 1. The molecule has 0 heterocycles. The van der Waals surface area contributed by atoms with E-state index in [1.54, 1.807) is 6.92 Å². The number of para-hydroxylation sites is 1. The highest BCUT2D eigenvalue weighted by atomic mass is 19.1. The minimum Gasteiger partial charge on any atom is -0.321 e. The molecule has 0 bridgehead atoms. The molecule has 1 aliphatic carbocycles. The summed E-state index contributed by atoms with van der Waals surface area (Å²) in [5.41, 5.74) is -0.667. The van der Waals surface area contributed by atoms with Crippen LogP contribution in [0.3, 0.4) is 0 Å². The van der Waals surface area contributed by atoms with Gasteiger partial charge in [0.05, 0.1) is 0 Å². The van der Waals surface area contributed by atoms with Crippen LogP contribution in [-0.4, -0.2) is 11.7 Å². The van der Waals surface area contributed by atoms with Gasteiger partial charge in [0, 0.05) is 12.3 Å². The first-order valence-electron chi connectivity index (χ1n) is 6.97. The minimum atomic E-state index is -0.794. The zero-order chi connectivity index (χ0) is 15.8. The quantitative estimate of drug-likeness (QED) is 0.923. The van der Waals surface area contributed by atoms with Gasteiger partial charge in [-0.15, -0.1) is 0 Å². The first-order chi connectivity index (χ1) is 9.73. The first-order valence-corrected chi connectivity index (χ1v) is 6.97. The van der Waals surface area contributed by atoms with Crippen LogP contribution in [0.5, 0.6) is 0 Å². The Morgan fingerprint density at radius 2 is 1.86 bits per heavy atom. The summed E-state index contributed by atoms with van der Waals surface area (Å²) in [4.78, 5) is 23.4. The van der Waals surface area contributed by atoms with Crippen molar-refractivity contribution in [3.05, 3.63) is 29.8 Å². The number of anilines is 1. The van der Waals surface area contributed by atoms with Crippen LogP contribution >= 0.6 is 0 Å². The van der Waals surface area contributed by atoms with Gasteiger partial charge in [0.1, 0.15) is 23.1 Å². The summed E-state index contributed by atoms with van der Waals surface area (Å²) in [5, 5.41) is 2.29. The Bertz CT molecular complexity index is 563. The van der Waals surface area contributed by atoms with Crippen molar-refractivity contribution in [2.75, 3.05) is 5.32 Å². The molecule has 1 fully saturated rings. The van der Waals surface area contributed by atoms with Crippen LogP contribution in [0.2, 0.25) is 0 Å². The normalized spacial score (nSPS) is 23.3. The number of carbonyl (C=O) groups is 2. The molecule has 3 nitrogen and oxygen atoms in total. The van der Waals surface area contributed by atoms with Gasteiger partial charge in [0.15, 0.2) is 0 Å². The number of hydrogen-bond acceptors (Lipinski definition) is 2. The Labute approximate surface area is 122 Å². The van der Waals surface area contributed by atoms with Gasteiger partial charge < -0.3 is 5.32 Å². The fraction of sp³-hybridized carbons (Fsp3) is 0.500.